The van der Waals surface area contributed by atoms with Crippen LogP contribution in [0.5, 0.6) is 0 Å². The lowest BCUT2D eigenvalue weighted by Crippen LogP contribution is -2.31. The van der Waals surface area contributed by atoms with Crippen molar-refractivity contribution in [3.63, 3.8) is 0 Å². The maximum Gasteiger partial charge on any atom is 0.270 e. The Bertz CT molecular complexity index is 866. The first-order valence-electron chi connectivity index (χ1n) is 7.80. The Hall–Kier alpha value is -2.29. The smallest absolute Gasteiger partial charge is 0.270 e. The summed E-state index contributed by atoms with van der Waals surface area (Å²) in [6, 6.07) is 11.2. The van der Waals surface area contributed by atoms with Crippen LogP contribution in [0.4, 0.5) is 5.69 Å². The minimum Gasteiger partial charge on any atom is -0.311 e. The summed E-state index contributed by atoms with van der Waals surface area (Å²) in [6.45, 7) is 5.35. The highest BCUT2D eigenvalue weighted by atomic mass is 32.2. The highest BCUT2D eigenvalue weighted by Gasteiger charge is 2.16. The minimum atomic E-state index is -3.77. The number of nitrogens with zero attached hydrogens (tertiary/aromatic N) is 1. The molecule has 0 atom stereocenters. The number of hydrogen-bond donors (Lipinski definition) is 2. The van der Waals surface area contributed by atoms with Gasteiger partial charge in [0.1, 0.15) is 0 Å². The Labute approximate surface area is 147 Å². The van der Waals surface area contributed by atoms with Crippen LogP contribution >= 0.6 is 0 Å². The number of sulfonamides is 1. The fourth-order valence-corrected chi connectivity index (χ4v) is 3.46. The van der Waals surface area contributed by atoms with Crippen LogP contribution in [0.25, 0.3) is 0 Å². The molecule has 0 aliphatic rings. The number of nitro benzene ring substituents is 1. The number of rotatable bonds is 8. The molecule has 0 fully saturated rings. The van der Waals surface area contributed by atoms with Crippen molar-refractivity contribution >= 4 is 15.7 Å². The summed E-state index contributed by atoms with van der Waals surface area (Å²) in [5, 5.41) is 13.9. The second kappa shape index (κ2) is 8.19. The summed E-state index contributed by atoms with van der Waals surface area (Å²) in [5.41, 5.74) is 3.29. The van der Waals surface area contributed by atoms with Gasteiger partial charge < -0.3 is 5.32 Å². The topological polar surface area (TPSA) is 101 Å². The molecule has 0 saturated carbocycles. The predicted octanol–water partition coefficient (Wildman–Crippen LogP) is 2.28. The van der Waals surface area contributed by atoms with Gasteiger partial charge in [0.2, 0.25) is 10.0 Å². The average Bonchev–Trinajstić information content (AvgIpc) is 2.56. The molecule has 0 radical (unpaired) electrons. The van der Waals surface area contributed by atoms with E-state index in [-0.39, 0.29) is 17.1 Å². The van der Waals surface area contributed by atoms with E-state index in [0.29, 0.717) is 13.1 Å². The summed E-state index contributed by atoms with van der Waals surface area (Å²) >= 11 is 0. The van der Waals surface area contributed by atoms with Crippen molar-refractivity contribution in [2.24, 2.45) is 0 Å². The van der Waals surface area contributed by atoms with Crippen molar-refractivity contribution < 1.29 is 13.3 Å². The van der Waals surface area contributed by atoms with Gasteiger partial charge in [-0.05, 0) is 31.0 Å². The molecule has 7 nitrogen and oxygen atoms in total. The van der Waals surface area contributed by atoms with Crippen molar-refractivity contribution in [3.8, 4) is 0 Å². The molecule has 0 aliphatic heterocycles. The van der Waals surface area contributed by atoms with Crippen LogP contribution in [0.15, 0.2) is 47.4 Å². The SMILES string of the molecule is Cc1ccc(CNCCNS(=O)(=O)c2cccc([N+](=O)[O-])c2)c(C)c1. The van der Waals surface area contributed by atoms with Crippen LogP contribution in [0.2, 0.25) is 0 Å². The summed E-state index contributed by atoms with van der Waals surface area (Å²) in [7, 11) is -3.77. The largest absolute Gasteiger partial charge is 0.311 e. The number of hydrogen-bond acceptors (Lipinski definition) is 5. The van der Waals surface area contributed by atoms with Crippen LogP contribution in [0.1, 0.15) is 16.7 Å². The van der Waals surface area contributed by atoms with Crippen LogP contribution in [0, 0.1) is 24.0 Å². The molecule has 8 heteroatoms. The molecule has 0 saturated heterocycles. The van der Waals surface area contributed by atoms with Gasteiger partial charge in [-0.15, -0.1) is 0 Å². The van der Waals surface area contributed by atoms with Gasteiger partial charge in [-0.25, -0.2) is 13.1 Å². The van der Waals surface area contributed by atoms with Crippen molar-refractivity contribution in [1.82, 2.24) is 10.0 Å². The van der Waals surface area contributed by atoms with Gasteiger partial charge >= 0.3 is 0 Å². The molecule has 134 valence electrons. The molecule has 0 aliphatic carbocycles. The fraction of sp³-hybridized carbons (Fsp3) is 0.294. The van der Waals surface area contributed by atoms with E-state index in [1.165, 1.54) is 29.3 Å². The van der Waals surface area contributed by atoms with Gasteiger partial charge in [-0.3, -0.25) is 10.1 Å². The van der Waals surface area contributed by atoms with Gasteiger partial charge in [0, 0.05) is 31.8 Å². The van der Waals surface area contributed by atoms with Gasteiger partial charge in [0.05, 0.1) is 9.82 Å². The molecule has 0 unspecified atom stereocenters. The molecular weight excluding hydrogens is 342 g/mol. The normalized spacial score (nSPS) is 11.4. The number of benzene rings is 2. The van der Waals surface area contributed by atoms with Crippen LogP contribution in [0.3, 0.4) is 0 Å². The zero-order valence-electron chi connectivity index (χ0n) is 14.2. The number of nitrogens with one attached hydrogen (secondary N) is 2. The first-order valence-corrected chi connectivity index (χ1v) is 9.29. The molecule has 0 spiro atoms. The highest BCUT2D eigenvalue weighted by molar-refractivity contribution is 7.89. The second-order valence-corrected chi connectivity index (χ2v) is 7.53. The van der Waals surface area contributed by atoms with E-state index in [0.717, 1.165) is 11.6 Å². The van der Waals surface area contributed by atoms with E-state index in [9.17, 15) is 18.5 Å². The van der Waals surface area contributed by atoms with Gasteiger partial charge in [-0.1, -0.05) is 29.8 Å². The summed E-state index contributed by atoms with van der Waals surface area (Å²) < 4.78 is 26.8. The maximum atomic E-state index is 12.2. The highest BCUT2D eigenvalue weighted by Crippen LogP contribution is 2.16. The fourth-order valence-electron chi connectivity index (χ4n) is 2.39. The number of non-ortho nitro benzene ring substituents is 1. The van der Waals surface area contributed by atoms with Crippen molar-refractivity contribution in [2.45, 2.75) is 25.3 Å². The maximum absolute atomic E-state index is 12.2. The lowest BCUT2D eigenvalue weighted by atomic mass is 10.1. The van der Waals surface area contributed by atoms with Crippen LogP contribution in [-0.4, -0.2) is 26.4 Å². The van der Waals surface area contributed by atoms with Crippen molar-refractivity contribution in [2.75, 3.05) is 13.1 Å². The summed E-state index contributed by atoms with van der Waals surface area (Å²) in [5.74, 6) is 0. The third-order valence-electron chi connectivity index (χ3n) is 3.75. The predicted molar refractivity (Wildman–Crippen MR) is 95.9 cm³/mol. The lowest BCUT2D eigenvalue weighted by molar-refractivity contribution is -0.385. The summed E-state index contributed by atoms with van der Waals surface area (Å²) in [6.07, 6.45) is 0. The van der Waals surface area contributed by atoms with Crippen molar-refractivity contribution in [3.05, 3.63) is 69.3 Å². The third kappa shape index (κ3) is 5.35. The first-order chi connectivity index (χ1) is 11.8. The Kier molecular flexibility index (Phi) is 6.24. The molecule has 2 aromatic carbocycles. The van der Waals surface area contributed by atoms with E-state index in [1.807, 2.05) is 26.0 Å². The standard InChI is InChI=1S/C17H21N3O4S/c1-13-6-7-15(14(2)10-13)12-18-8-9-19-25(23,24)17-5-3-4-16(11-17)20(21)22/h3-7,10-11,18-19H,8-9,12H2,1-2H3. The first kappa shape index (κ1) is 19.0. The third-order valence-corrected chi connectivity index (χ3v) is 5.20. The van der Waals surface area contributed by atoms with Gasteiger partial charge in [0.15, 0.2) is 0 Å². The Morgan fingerprint density at radius 1 is 1.08 bits per heavy atom. The molecule has 25 heavy (non-hydrogen) atoms. The molecule has 0 aromatic heterocycles. The van der Waals surface area contributed by atoms with Crippen LogP contribution in [-0.2, 0) is 16.6 Å². The summed E-state index contributed by atoms with van der Waals surface area (Å²) in [4.78, 5) is 10.0. The molecule has 2 rings (SSSR count). The quantitative estimate of drug-likeness (QED) is 0.426. The molecule has 2 aromatic rings. The zero-order valence-corrected chi connectivity index (χ0v) is 15.0. The number of aryl methyl sites for hydroxylation is 2. The Morgan fingerprint density at radius 2 is 1.84 bits per heavy atom. The molecule has 0 amide bonds. The molecular formula is C17H21N3O4S. The van der Waals surface area contributed by atoms with Gasteiger partial charge in [-0.2, -0.15) is 0 Å². The monoisotopic (exact) mass is 363 g/mol. The van der Waals surface area contributed by atoms with Gasteiger partial charge in [0.25, 0.3) is 5.69 Å². The minimum absolute atomic E-state index is 0.115. The Morgan fingerprint density at radius 3 is 2.52 bits per heavy atom. The molecule has 2 N–H and O–H groups in total. The average molecular weight is 363 g/mol. The Balaban J connectivity index is 1.86. The van der Waals surface area contributed by atoms with E-state index in [4.69, 9.17) is 0 Å². The zero-order chi connectivity index (χ0) is 18.4. The van der Waals surface area contributed by atoms with Crippen molar-refractivity contribution in [1.29, 1.82) is 0 Å². The van der Waals surface area contributed by atoms with Crippen LogP contribution < -0.4 is 10.0 Å². The van der Waals surface area contributed by atoms with E-state index in [1.54, 1.807) is 0 Å². The molecule has 0 heterocycles. The second-order valence-electron chi connectivity index (χ2n) is 5.76. The lowest BCUT2D eigenvalue weighted by Gasteiger charge is -2.10. The number of nitro groups is 1. The van der Waals surface area contributed by atoms with E-state index < -0.39 is 14.9 Å². The van der Waals surface area contributed by atoms with E-state index >= 15 is 0 Å². The molecule has 0 bridgehead atoms. The van der Waals surface area contributed by atoms with E-state index in [2.05, 4.69) is 16.1 Å².